The molecular weight excluding hydrogens is 368 g/mol. The molecule has 0 fully saturated rings. The minimum atomic E-state index is -0.0909. The lowest BCUT2D eigenvalue weighted by molar-refractivity contribution is 0.783. The highest BCUT2D eigenvalue weighted by Gasteiger charge is 2.16. The van der Waals surface area contributed by atoms with E-state index in [1.54, 1.807) is 22.4 Å². The van der Waals surface area contributed by atoms with Crippen molar-refractivity contribution in [3.63, 3.8) is 0 Å². The fourth-order valence-electron chi connectivity index (χ4n) is 2.90. The Morgan fingerprint density at radius 2 is 2.00 bits per heavy atom. The molecule has 0 unspecified atom stereocenters. The van der Waals surface area contributed by atoms with E-state index < -0.39 is 0 Å². The zero-order valence-corrected chi connectivity index (χ0v) is 15.4. The molecule has 0 aliphatic carbocycles. The molecule has 2 aromatic carbocycles. The molecule has 0 saturated carbocycles. The van der Waals surface area contributed by atoms with Crippen LogP contribution >= 0.6 is 23.4 Å². The van der Waals surface area contributed by atoms with Crippen LogP contribution in [0.25, 0.3) is 16.7 Å². The minimum absolute atomic E-state index is 0.0909. The number of para-hydroxylation sites is 1. The maximum Gasteiger partial charge on any atom is 0.263 e. The lowest BCUT2D eigenvalue weighted by Gasteiger charge is -2.09. The first-order valence-electron chi connectivity index (χ1n) is 8.04. The Hall–Kier alpha value is -2.57. The molecule has 0 amide bonds. The zero-order valence-electron chi connectivity index (χ0n) is 13.8. The summed E-state index contributed by atoms with van der Waals surface area (Å²) in [6.07, 6.45) is 1.68. The van der Waals surface area contributed by atoms with E-state index in [9.17, 15) is 4.79 Å². The van der Waals surface area contributed by atoms with Crippen molar-refractivity contribution in [2.75, 3.05) is 0 Å². The number of fused-ring (bicyclic) bond motifs is 3. The van der Waals surface area contributed by atoms with Crippen molar-refractivity contribution >= 4 is 40.0 Å². The van der Waals surface area contributed by atoms with Crippen molar-refractivity contribution in [2.24, 2.45) is 0 Å². The number of aromatic nitrogens is 4. The predicted octanol–water partition coefficient (Wildman–Crippen LogP) is 4.18. The van der Waals surface area contributed by atoms with Crippen molar-refractivity contribution in [2.45, 2.75) is 17.5 Å². The van der Waals surface area contributed by atoms with E-state index in [4.69, 9.17) is 11.6 Å². The molecule has 0 aliphatic heterocycles. The van der Waals surface area contributed by atoms with E-state index in [1.165, 1.54) is 0 Å². The summed E-state index contributed by atoms with van der Waals surface area (Å²) in [6, 6.07) is 15.2. The van der Waals surface area contributed by atoms with Gasteiger partial charge in [-0.2, -0.15) is 0 Å². The van der Waals surface area contributed by atoms with Gasteiger partial charge in [0, 0.05) is 17.3 Å². The van der Waals surface area contributed by atoms with Crippen LogP contribution in [-0.4, -0.2) is 19.2 Å². The van der Waals surface area contributed by atoms with Crippen molar-refractivity contribution in [3.05, 3.63) is 82.1 Å². The van der Waals surface area contributed by atoms with Crippen LogP contribution in [0, 0.1) is 0 Å². The minimum Gasteiger partial charge on any atom is -0.272 e. The average Bonchev–Trinajstić information content (AvgIpc) is 3.07. The Kier molecular flexibility index (Phi) is 4.53. The summed E-state index contributed by atoms with van der Waals surface area (Å²) in [5.41, 5.74) is 1.81. The van der Waals surface area contributed by atoms with E-state index in [-0.39, 0.29) is 5.56 Å². The maximum atomic E-state index is 12.8. The monoisotopic (exact) mass is 382 g/mol. The highest BCUT2D eigenvalue weighted by Crippen LogP contribution is 2.25. The smallest absolute Gasteiger partial charge is 0.263 e. The molecule has 5 nitrogen and oxygen atoms in total. The molecule has 2 aromatic heterocycles. The number of rotatable bonds is 5. The number of thioether (sulfide) groups is 1. The van der Waals surface area contributed by atoms with E-state index in [2.05, 4.69) is 16.8 Å². The second-order valence-corrected chi connectivity index (χ2v) is 7.14. The lowest BCUT2D eigenvalue weighted by Crippen LogP contribution is -2.22. The normalized spacial score (nSPS) is 11.3. The molecule has 130 valence electrons. The first-order chi connectivity index (χ1) is 12.7. The summed E-state index contributed by atoms with van der Waals surface area (Å²) in [6.45, 7) is 4.12. The lowest BCUT2D eigenvalue weighted by atomic mass is 10.2. The van der Waals surface area contributed by atoms with Crippen molar-refractivity contribution in [3.8, 4) is 0 Å². The number of halogens is 1. The fraction of sp³-hybridized carbons (Fsp3) is 0.105. The van der Waals surface area contributed by atoms with E-state index >= 15 is 0 Å². The molecule has 26 heavy (non-hydrogen) atoms. The third-order valence-electron chi connectivity index (χ3n) is 4.05. The molecule has 2 heterocycles. The standard InChI is InChI=1S/C19H15ClN4OS/c1-2-10-23-17(25)15-8-3-4-9-16(15)24-18(23)21-22-19(24)26-12-13-6-5-7-14(20)11-13/h2-9,11H,1,10,12H2. The number of hydrogen-bond acceptors (Lipinski definition) is 4. The molecule has 4 aromatic rings. The van der Waals surface area contributed by atoms with Gasteiger partial charge in [-0.3, -0.25) is 13.8 Å². The second-order valence-electron chi connectivity index (χ2n) is 5.76. The molecule has 0 bridgehead atoms. The highest BCUT2D eigenvalue weighted by atomic mass is 35.5. The maximum absolute atomic E-state index is 12.8. The van der Waals surface area contributed by atoms with Crippen LogP contribution in [0.15, 0.2) is 71.1 Å². The van der Waals surface area contributed by atoms with Gasteiger partial charge in [0.15, 0.2) is 5.16 Å². The fourth-order valence-corrected chi connectivity index (χ4v) is 3.99. The predicted molar refractivity (Wildman–Crippen MR) is 106 cm³/mol. The Bertz CT molecular complexity index is 1180. The number of benzene rings is 2. The Morgan fingerprint density at radius 1 is 1.15 bits per heavy atom. The van der Waals surface area contributed by atoms with Crippen LogP contribution in [0.1, 0.15) is 5.56 Å². The Morgan fingerprint density at radius 3 is 2.81 bits per heavy atom. The van der Waals surface area contributed by atoms with Crippen molar-refractivity contribution in [1.29, 1.82) is 0 Å². The van der Waals surface area contributed by atoms with Gasteiger partial charge in [0.25, 0.3) is 5.56 Å². The number of allylic oxidation sites excluding steroid dienone is 1. The summed E-state index contributed by atoms with van der Waals surface area (Å²) in [5, 5.41) is 10.6. The molecule has 7 heteroatoms. The SMILES string of the molecule is C=CCn1c(=O)c2ccccc2n2c(SCc3cccc(Cl)c3)nnc12. The van der Waals surface area contributed by atoms with Crippen LogP contribution in [-0.2, 0) is 12.3 Å². The summed E-state index contributed by atoms with van der Waals surface area (Å²) >= 11 is 7.62. The van der Waals surface area contributed by atoms with Gasteiger partial charge in [0.1, 0.15) is 0 Å². The Balaban J connectivity index is 1.86. The Labute approximate surface area is 158 Å². The molecule has 0 radical (unpaired) electrons. The zero-order chi connectivity index (χ0) is 18.1. The number of hydrogen-bond donors (Lipinski definition) is 0. The summed E-state index contributed by atoms with van der Waals surface area (Å²) < 4.78 is 3.52. The van der Waals surface area contributed by atoms with E-state index in [1.807, 2.05) is 52.9 Å². The van der Waals surface area contributed by atoms with Gasteiger partial charge in [0.2, 0.25) is 5.78 Å². The largest absolute Gasteiger partial charge is 0.272 e. The van der Waals surface area contributed by atoms with Crippen LogP contribution in [0.3, 0.4) is 0 Å². The third kappa shape index (κ3) is 2.91. The summed E-state index contributed by atoms with van der Waals surface area (Å²) in [5.74, 6) is 1.22. The van der Waals surface area contributed by atoms with Gasteiger partial charge in [-0.05, 0) is 29.8 Å². The molecule has 0 spiro atoms. The molecule has 0 saturated heterocycles. The molecular formula is C19H15ClN4OS. The van der Waals surface area contributed by atoms with Crippen molar-refractivity contribution < 1.29 is 0 Å². The second kappa shape index (κ2) is 6.97. The topological polar surface area (TPSA) is 52.2 Å². The molecule has 0 N–H and O–H groups in total. The first-order valence-corrected chi connectivity index (χ1v) is 9.40. The first kappa shape index (κ1) is 16.9. The van der Waals surface area contributed by atoms with Crippen LogP contribution in [0.5, 0.6) is 0 Å². The average molecular weight is 383 g/mol. The molecule has 0 aliphatic rings. The van der Waals surface area contributed by atoms with E-state index in [0.29, 0.717) is 28.5 Å². The van der Waals surface area contributed by atoms with E-state index in [0.717, 1.165) is 16.2 Å². The van der Waals surface area contributed by atoms with Gasteiger partial charge in [0.05, 0.1) is 10.9 Å². The third-order valence-corrected chi connectivity index (χ3v) is 5.28. The van der Waals surface area contributed by atoms with Gasteiger partial charge in [-0.15, -0.1) is 16.8 Å². The highest BCUT2D eigenvalue weighted by molar-refractivity contribution is 7.98. The van der Waals surface area contributed by atoms with Crippen LogP contribution < -0.4 is 5.56 Å². The van der Waals surface area contributed by atoms with Crippen LogP contribution in [0.2, 0.25) is 5.02 Å². The van der Waals surface area contributed by atoms with Gasteiger partial charge >= 0.3 is 0 Å². The van der Waals surface area contributed by atoms with Crippen molar-refractivity contribution in [1.82, 2.24) is 19.2 Å². The van der Waals surface area contributed by atoms with Gasteiger partial charge < -0.3 is 0 Å². The molecule has 0 atom stereocenters. The summed E-state index contributed by atoms with van der Waals surface area (Å²) in [4.78, 5) is 12.8. The quantitative estimate of drug-likeness (QED) is 0.384. The van der Waals surface area contributed by atoms with Crippen LogP contribution in [0.4, 0.5) is 0 Å². The summed E-state index contributed by atoms with van der Waals surface area (Å²) in [7, 11) is 0. The molecule has 4 rings (SSSR count). The van der Waals surface area contributed by atoms with Gasteiger partial charge in [-0.25, -0.2) is 0 Å². The number of nitrogens with zero attached hydrogens (tertiary/aromatic N) is 4. The van der Waals surface area contributed by atoms with Gasteiger partial charge in [-0.1, -0.05) is 53.7 Å².